The number of hydrogen-bond donors (Lipinski definition) is 0. The lowest BCUT2D eigenvalue weighted by atomic mass is 10.2. The van der Waals surface area contributed by atoms with Gasteiger partial charge in [0.15, 0.2) is 27.6 Å². The van der Waals surface area contributed by atoms with Gasteiger partial charge in [0.25, 0.3) is 5.69 Å². The van der Waals surface area contributed by atoms with Crippen molar-refractivity contribution in [2.45, 2.75) is 12.8 Å². The van der Waals surface area contributed by atoms with E-state index in [2.05, 4.69) is 76.2 Å². The van der Waals surface area contributed by atoms with Gasteiger partial charge < -0.3 is 4.74 Å². The van der Waals surface area contributed by atoms with Crippen LogP contribution in [0.1, 0.15) is 12.8 Å². The third-order valence-corrected chi connectivity index (χ3v) is 8.04. The zero-order valence-electron chi connectivity index (χ0n) is 20.9. The molecule has 5 aromatic heterocycles. The lowest BCUT2D eigenvalue weighted by molar-refractivity contribution is -0.498. The summed E-state index contributed by atoms with van der Waals surface area (Å²) in [5, 5.41) is 12.0. The van der Waals surface area contributed by atoms with Gasteiger partial charge in [-0.25, -0.2) is 8.80 Å². The average Bonchev–Trinajstić information content (AvgIpc) is 3.68. The number of hydrogen-bond acceptors (Lipinski definition) is 5. The molecule has 0 N–H and O–H groups in total. The van der Waals surface area contributed by atoms with Crippen LogP contribution in [0.25, 0.3) is 33.1 Å². The first-order chi connectivity index (χ1) is 18.7. The van der Waals surface area contributed by atoms with Gasteiger partial charge in [-0.2, -0.15) is 8.80 Å². The Morgan fingerprint density at radius 2 is 1.32 bits per heavy atom. The summed E-state index contributed by atoms with van der Waals surface area (Å²) in [4.78, 5) is 16.4. The largest absolute Gasteiger partial charge is 0.375 e. The number of nitrogens with zero attached hydrogens (tertiary/aromatic N) is 7. The lowest BCUT2D eigenvalue weighted by Gasteiger charge is -2.22. The van der Waals surface area contributed by atoms with Crippen LogP contribution >= 0.6 is 0 Å². The normalized spacial score (nSPS) is 16.6. The number of morpholine rings is 1. The fourth-order valence-electron chi connectivity index (χ4n) is 6.44. The molecule has 2 aliphatic rings. The Kier molecular flexibility index (Phi) is 4.57. The number of nitro benzene ring substituents is 1. The Labute approximate surface area is 217 Å². The number of aromatic nitrogens is 4. The number of ether oxygens (including phenoxy) is 1. The number of fused-ring (bicyclic) bond motifs is 10. The number of rotatable bonds is 3. The van der Waals surface area contributed by atoms with E-state index in [4.69, 9.17) is 4.74 Å². The molecule has 0 unspecified atom stereocenters. The summed E-state index contributed by atoms with van der Waals surface area (Å²) in [6.07, 6.45) is 6.48. The quantitative estimate of drug-likeness (QED) is 0.208. The molecule has 0 amide bonds. The molecule has 190 valence electrons. The van der Waals surface area contributed by atoms with Gasteiger partial charge >= 0.3 is 11.9 Å². The zero-order valence-corrected chi connectivity index (χ0v) is 20.9. The Balaban J connectivity index is 1.67. The maximum absolute atomic E-state index is 12.0. The van der Waals surface area contributed by atoms with Crippen molar-refractivity contribution in [1.29, 1.82) is 0 Å². The van der Waals surface area contributed by atoms with E-state index in [9.17, 15) is 10.1 Å². The van der Waals surface area contributed by atoms with Gasteiger partial charge in [-0.15, -0.1) is 0 Å². The van der Waals surface area contributed by atoms with E-state index in [1.165, 1.54) is 0 Å². The SMILES string of the molecule is O=[N+]([O-])c1ccc2c(c1)n1c(N3CCCC3)[n+]3ccccc3c1c1c3cccc[n+]3c(N3CCOCC3)n21. The Hall–Kier alpha value is -4.44. The fraction of sp³-hybridized carbons (Fsp3) is 0.286. The molecule has 2 fully saturated rings. The monoisotopic (exact) mass is 509 g/mol. The van der Waals surface area contributed by atoms with Crippen molar-refractivity contribution >= 4 is 50.7 Å². The summed E-state index contributed by atoms with van der Waals surface area (Å²) in [5.41, 5.74) is 6.14. The second-order valence-corrected chi connectivity index (χ2v) is 10.1. The topological polar surface area (TPSA) is 75.9 Å². The van der Waals surface area contributed by atoms with Crippen molar-refractivity contribution in [3.63, 3.8) is 0 Å². The number of imidazole rings is 2. The van der Waals surface area contributed by atoms with Crippen LogP contribution in [-0.4, -0.2) is 53.1 Å². The van der Waals surface area contributed by atoms with Gasteiger partial charge in [-0.1, -0.05) is 12.1 Å². The fourth-order valence-corrected chi connectivity index (χ4v) is 6.44. The van der Waals surface area contributed by atoms with E-state index >= 15 is 0 Å². The van der Waals surface area contributed by atoms with Crippen LogP contribution in [0, 0.1) is 10.1 Å². The first-order valence-electron chi connectivity index (χ1n) is 13.2. The van der Waals surface area contributed by atoms with Crippen molar-refractivity contribution in [1.82, 2.24) is 8.80 Å². The molecule has 2 saturated heterocycles. The lowest BCUT2D eigenvalue weighted by Crippen LogP contribution is -2.42. The molecule has 38 heavy (non-hydrogen) atoms. The molecule has 2 aliphatic heterocycles. The highest BCUT2D eigenvalue weighted by Crippen LogP contribution is 2.36. The maximum atomic E-state index is 12.0. The van der Waals surface area contributed by atoms with E-state index in [0.29, 0.717) is 13.2 Å². The Morgan fingerprint density at radius 3 is 1.92 bits per heavy atom. The highest BCUT2D eigenvalue weighted by molar-refractivity contribution is 6.04. The van der Waals surface area contributed by atoms with Gasteiger partial charge in [0.1, 0.15) is 5.52 Å². The molecule has 0 aliphatic carbocycles. The van der Waals surface area contributed by atoms with Gasteiger partial charge in [0.2, 0.25) is 0 Å². The minimum absolute atomic E-state index is 0.0885. The third-order valence-electron chi connectivity index (χ3n) is 8.04. The summed E-state index contributed by atoms with van der Waals surface area (Å²) in [6.45, 7) is 4.80. The molecule has 8 rings (SSSR count). The van der Waals surface area contributed by atoms with E-state index < -0.39 is 0 Å². The summed E-state index contributed by atoms with van der Waals surface area (Å²) in [5.74, 6) is 2.09. The van der Waals surface area contributed by atoms with Crippen molar-refractivity contribution in [3.05, 3.63) is 77.1 Å². The second kappa shape index (κ2) is 8.03. The molecule has 0 saturated carbocycles. The molecular formula is C28H27N7O3+2. The summed E-state index contributed by atoms with van der Waals surface area (Å²) in [7, 11) is 0. The van der Waals surface area contributed by atoms with E-state index in [1.807, 2.05) is 6.07 Å². The molecule has 6 aromatic rings. The number of nitro groups is 1. The predicted octanol–water partition coefficient (Wildman–Crippen LogP) is 3.17. The molecular weight excluding hydrogens is 482 g/mol. The van der Waals surface area contributed by atoms with Crippen LogP contribution in [0.15, 0.2) is 67.0 Å². The van der Waals surface area contributed by atoms with Gasteiger partial charge in [0, 0.05) is 6.07 Å². The minimum Gasteiger partial charge on any atom is -0.375 e. The van der Waals surface area contributed by atoms with Crippen LogP contribution in [0.3, 0.4) is 0 Å². The minimum atomic E-state index is -0.300. The van der Waals surface area contributed by atoms with Crippen LogP contribution in [0.4, 0.5) is 17.6 Å². The van der Waals surface area contributed by atoms with Crippen LogP contribution < -0.4 is 18.6 Å². The van der Waals surface area contributed by atoms with Crippen molar-refractivity contribution < 1.29 is 18.5 Å². The zero-order chi connectivity index (χ0) is 25.4. The molecule has 7 heterocycles. The number of anilines is 2. The average molecular weight is 510 g/mol. The smallest absolute Gasteiger partial charge is 0.370 e. The number of pyridine rings is 2. The summed E-state index contributed by atoms with van der Waals surface area (Å²) in [6, 6.07) is 17.8. The number of benzene rings is 1. The first kappa shape index (κ1) is 21.6. The van der Waals surface area contributed by atoms with Crippen LogP contribution in [-0.2, 0) is 4.74 Å². The second-order valence-electron chi connectivity index (χ2n) is 10.1. The Morgan fingerprint density at radius 1 is 0.737 bits per heavy atom. The highest BCUT2D eigenvalue weighted by Gasteiger charge is 2.37. The molecule has 0 atom stereocenters. The van der Waals surface area contributed by atoms with Gasteiger partial charge in [0.05, 0.1) is 62.8 Å². The van der Waals surface area contributed by atoms with Gasteiger partial charge in [-0.3, -0.25) is 19.9 Å². The van der Waals surface area contributed by atoms with E-state index in [1.54, 1.807) is 12.1 Å². The van der Waals surface area contributed by atoms with E-state index in [0.717, 1.165) is 84.0 Å². The first-order valence-corrected chi connectivity index (χ1v) is 13.2. The van der Waals surface area contributed by atoms with Crippen molar-refractivity contribution in [2.24, 2.45) is 0 Å². The van der Waals surface area contributed by atoms with Crippen LogP contribution in [0.5, 0.6) is 0 Å². The molecule has 10 nitrogen and oxygen atoms in total. The summed E-state index contributed by atoms with van der Waals surface area (Å²) >= 11 is 0. The maximum Gasteiger partial charge on any atom is 0.370 e. The van der Waals surface area contributed by atoms with E-state index in [-0.39, 0.29) is 10.6 Å². The van der Waals surface area contributed by atoms with Crippen LogP contribution in [0.2, 0.25) is 0 Å². The molecule has 1 aromatic carbocycles. The molecule has 0 radical (unpaired) electrons. The standard InChI is InChI=1S/C28H27N7O3/c36-35(37)20-9-10-21-24(19-20)34-26(23-8-2-3-13-31(23)27(34)29-11-5-6-12-29)25-22-7-1-4-14-32(22)28(33(21)25)30-15-17-38-18-16-30/h1-4,7-10,13-14,19H,5-6,11-12,15-18H2/q+2. The predicted molar refractivity (Wildman–Crippen MR) is 143 cm³/mol. The third kappa shape index (κ3) is 2.86. The van der Waals surface area contributed by atoms with Gasteiger partial charge in [-0.05, 0) is 43.2 Å². The van der Waals surface area contributed by atoms with Crippen molar-refractivity contribution in [3.8, 4) is 0 Å². The summed E-state index contributed by atoms with van der Waals surface area (Å²) < 4.78 is 14.8. The molecule has 0 bridgehead atoms. The number of non-ortho nitro benzene ring substituents is 1. The highest BCUT2D eigenvalue weighted by atomic mass is 16.6. The molecule has 10 heteroatoms. The Bertz CT molecular complexity index is 1910. The van der Waals surface area contributed by atoms with Crippen molar-refractivity contribution in [2.75, 3.05) is 49.2 Å². The molecule has 0 spiro atoms.